The van der Waals surface area contributed by atoms with Gasteiger partial charge in [-0.15, -0.1) is 0 Å². The maximum absolute atomic E-state index is 13.3. The van der Waals surface area contributed by atoms with E-state index >= 15 is 0 Å². The molecule has 0 spiro atoms. The van der Waals surface area contributed by atoms with Gasteiger partial charge in [0.2, 0.25) is 0 Å². The first-order valence-electron chi connectivity index (χ1n) is 10.1. The van der Waals surface area contributed by atoms with Crippen LogP contribution in [0.15, 0.2) is 65.6 Å². The molecule has 0 radical (unpaired) electrons. The number of carbonyl (C=O) groups excluding carboxylic acids is 1. The van der Waals surface area contributed by atoms with Gasteiger partial charge in [-0.05, 0) is 78.6 Å². The van der Waals surface area contributed by atoms with Crippen molar-refractivity contribution in [1.82, 2.24) is 4.90 Å². The van der Waals surface area contributed by atoms with Crippen molar-refractivity contribution in [2.24, 2.45) is 0 Å². The van der Waals surface area contributed by atoms with Crippen molar-refractivity contribution < 1.29 is 22.3 Å². The maximum Gasteiger partial charge on any atom is 0.261 e. The Morgan fingerprint density at radius 1 is 1.03 bits per heavy atom. The Morgan fingerprint density at radius 3 is 2.50 bits per heavy atom. The Labute approximate surface area is 186 Å². The highest BCUT2D eigenvalue weighted by Crippen LogP contribution is 2.26. The maximum atomic E-state index is 13.3. The topological polar surface area (TPSA) is 75.7 Å². The lowest BCUT2D eigenvalue weighted by molar-refractivity contribution is 0.0733. The first-order valence-corrected chi connectivity index (χ1v) is 11.6. The second-order valence-electron chi connectivity index (χ2n) is 7.70. The number of fused-ring (bicyclic) bond motifs is 1. The SMILES string of the molecule is COc1ccc2c(c1)CN(C(=O)c1cc(S(=O)(=O)Nc3ccc(F)cc3)ccc1C)CC2. The fourth-order valence-electron chi connectivity index (χ4n) is 3.73. The zero-order valence-electron chi connectivity index (χ0n) is 17.8. The normalized spacial score (nSPS) is 13.4. The van der Waals surface area contributed by atoms with Gasteiger partial charge in [-0.2, -0.15) is 0 Å². The molecule has 1 N–H and O–H groups in total. The van der Waals surface area contributed by atoms with Crippen molar-refractivity contribution in [3.8, 4) is 5.75 Å². The van der Waals surface area contributed by atoms with Crippen LogP contribution in [0.25, 0.3) is 0 Å². The standard InChI is InChI=1S/C24H23FN2O4S/c1-16-3-10-22(32(29,30)26-20-7-5-19(25)6-8-20)14-23(16)24(28)27-12-11-17-4-9-21(31-2)13-18(17)15-27/h3-10,13-14,26H,11-12,15H2,1-2H3. The minimum atomic E-state index is -3.95. The highest BCUT2D eigenvalue weighted by Gasteiger charge is 2.25. The molecular formula is C24H23FN2O4S. The van der Waals surface area contributed by atoms with Crippen LogP contribution in [0.5, 0.6) is 5.75 Å². The van der Waals surface area contributed by atoms with Crippen LogP contribution in [0, 0.1) is 12.7 Å². The van der Waals surface area contributed by atoms with Crippen molar-refractivity contribution >= 4 is 21.6 Å². The number of halogens is 1. The summed E-state index contributed by atoms with van der Waals surface area (Å²) in [5, 5.41) is 0. The minimum absolute atomic E-state index is 0.0325. The predicted molar refractivity (Wildman–Crippen MR) is 120 cm³/mol. The summed E-state index contributed by atoms with van der Waals surface area (Å²) in [5.74, 6) is 0.0425. The van der Waals surface area contributed by atoms with Crippen LogP contribution in [0.1, 0.15) is 27.0 Å². The van der Waals surface area contributed by atoms with E-state index < -0.39 is 15.8 Å². The number of nitrogens with one attached hydrogen (secondary N) is 1. The Hall–Kier alpha value is -3.39. The summed E-state index contributed by atoms with van der Waals surface area (Å²) >= 11 is 0. The third-order valence-electron chi connectivity index (χ3n) is 5.56. The van der Waals surface area contributed by atoms with Crippen molar-refractivity contribution in [3.05, 3.63) is 88.7 Å². The smallest absolute Gasteiger partial charge is 0.261 e. The molecule has 0 saturated heterocycles. The number of ether oxygens (including phenoxy) is 1. The Bertz CT molecular complexity index is 1270. The number of anilines is 1. The number of methoxy groups -OCH3 is 1. The van der Waals surface area contributed by atoms with E-state index in [0.29, 0.717) is 30.6 Å². The molecule has 8 heteroatoms. The lowest BCUT2D eigenvalue weighted by atomic mass is 9.98. The highest BCUT2D eigenvalue weighted by molar-refractivity contribution is 7.92. The summed E-state index contributed by atoms with van der Waals surface area (Å²) in [6.07, 6.45) is 0.716. The number of hydrogen-bond acceptors (Lipinski definition) is 4. The third-order valence-corrected chi connectivity index (χ3v) is 6.94. The van der Waals surface area contributed by atoms with E-state index in [1.54, 1.807) is 25.0 Å². The fraction of sp³-hybridized carbons (Fsp3) is 0.208. The molecule has 0 aromatic heterocycles. The monoisotopic (exact) mass is 454 g/mol. The van der Waals surface area contributed by atoms with Crippen LogP contribution in [-0.4, -0.2) is 32.9 Å². The fourth-order valence-corrected chi connectivity index (χ4v) is 4.82. The molecule has 166 valence electrons. The van der Waals surface area contributed by atoms with Crippen molar-refractivity contribution in [3.63, 3.8) is 0 Å². The number of rotatable bonds is 5. The van der Waals surface area contributed by atoms with Crippen LogP contribution >= 0.6 is 0 Å². The lowest BCUT2D eigenvalue weighted by Crippen LogP contribution is -2.36. The Morgan fingerprint density at radius 2 is 1.78 bits per heavy atom. The Kier molecular flexibility index (Phi) is 5.88. The highest BCUT2D eigenvalue weighted by atomic mass is 32.2. The molecule has 1 aliphatic heterocycles. The Balaban J connectivity index is 1.59. The van der Waals surface area contributed by atoms with Crippen LogP contribution < -0.4 is 9.46 Å². The van der Waals surface area contributed by atoms with Crippen LogP contribution in [0.4, 0.5) is 10.1 Å². The zero-order valence-corrected chi connectivity index (χ0v) is 18.6. The molecule has 1 aliphatic rings. The number of aryl methyl sites for hydroxylation is 1. The average Bonchev–Trinajstić information content (AvgIpc) is 2.79. The third kappa shape index (κ3) is 4.45. The molecule has 3 aromatic rings. The summed E-state index contributed by atoms with van der Waals surface area (Å²) < 4.78 is 46.5. The van der Waals surface area contributed by atoms with E-state index in [4.69, 9.17) is 4.74 Å². The van der Waals surface area contributed by atoms with Gasteiger partial charge in [0, 0.05) is 24.3 Å². The van der Waals surface area contributed by atoms with Gasteiger partial charge in [0.05, 0.1) is 12.0 Å². The van der Waals surface area contributed by atoms with Gasteiger partial charge in [0.15, 0.2) is 0 Å². The second-order valence-corrected chi connectivity index (χ2v) is 9.38. The van der Waals surface area contributed by atoms with E-state index in [0.717, 1.165) is 11.3 Å². The van der Waals surface area contributed by atoms with E-state index in [1.165, 1.54) is 42.0 Å². The largest absolute Gasteiger partial charge is 0.497 e. The molecule has 1 amide bonds. The van der Waals surface area contributed by atoms with Gasteiger partial charge in [0.25, 0.3) is 15.9 Å². The minimum Gasteiger partial charge on any atom is -0.497 e. The molecular weight excluding hydrogens is 431 g/mol. The van der Waals surface area contributed by atoms with Gasteiger partial charge < -0.3 is 9.64 Å². The van der Waals surface area contributed by atoms with Crippen LogP contribution in [0.2, 0.25) is 0 Å². The number of amides is 1. The molecule has 1 heterocycles. The van der Waals surface area contributed by atoms with Gasteiger partial charge in [-0.1, -0.05) is 12.1 Å². The molecule has 0 saturated carbocycles. The first-order chi connectivity index (χ1) is 15.3. The van der Waals surface area contributed by atoms with Crippen LogP contribution in [-0.2, 0) is 23.0 Å². The molecule has 4 rings (SSSR count). The lowest BCUT2D eigenvalue weighted by Gasteiger charge is -2.29. The number of sulfonamides is 1. The summed E-state index contributed by atoms with van der Waals surface area (Å²) in [7, 11) is -2.35. The van der Waals surface area contributed by atoms with E-state index in [9.17, 15) is 17.6 Å². The summed E-state index contributed by atoms with van der Waals surface area (Å²) in [6.45, 7) is 2.75. The van der Waals surface area contributed by atoms with Crippen molar-refractivity contribution in [2.75, 3.05) is 18.4 Å². The van der Waals surface area contributed by atoms with Gasteiger partial charge in [-0.3, -0.25) is 9.52 Å². The molecule has 3 aromatic carbocycles. The molecule has 0 aliphatic carbocycles. The van der Waals surface area contributed by atoms with Gasteiger partial charge in [-0.25, -0.2) is 12.8 Å². The number of carbonyl (C=O) groups is 1. The molecule has 6 nitrogen and oxygen atoms in total. The van der Waals surface area contributed by atoms with Crippen LogP contribution in [0.3, 0.4) is 0 Å². The number of nitrogens with zero attached hydrogens (tertiary/aromatic N) is 1. The molecule has 0 atom stereocenters. The number of hydrogen-bond donors (Lipinski definition) is 1. The zero-order chi connectivity index (χ0) is 22.9. The van der Waals surface area contributed by atoms with Gasteiger partial charge >= 0.3 is 0 Å². The first kappa shape index (κ1) is 21.8. The predicted octanol–water partition coefficient (Wildman–Crippen LogP) is 4.14. The quantitative estimate of drug-likeness (QED) is 0.629. The summed E-state index contributed by atoms with van der Waals surface area (Å²) in [5.41, 5.74) is 3.45. The van der Waals surface area contributed by atoms with Crippen molar-refractivity contribution in [1.29, 1.82) is 0 Å². The summed E-state index contributed by atoms with van der Waals surface area (Å²) in [6, 6.07) is 15.3. The molecule has 0 fully saturated rings. The van der Waals surface area contributed by atoms with E-state index in [1.807, 2.05) is 18.2 Å². The molecule has 0 unspecified atom stereocenters. The van der Waals surface area contributed by atoms with E-state index in [-0.39, 0.29) is 16.5 Å². The van der Waals surface area contributed by atoms with Crippen molar-refractivity contribution in [2.45, 2.75) is 24.8 Å². The molecule has 0 bridgehead atoms. The molecule has 32 heavy (non-hydrogen) atoms. The summed E-state index contributed by atoms with van der Waals surface area (Å²) in [4.78, 5) is 15.0. The number of benzene rings is 3. The second kappa shape index (κ2) is 8.63. The average molecular weight is 455 g/mol. The van der Waals surface area contributed by atoms with E-state index in [2.05, 4.69) is 4.72 Å². The van der Waals surface area contributed by atoms with Gasteiger partial charge in [0.1, 0.15) is 11.6 Å².